The first-order valence-corrected chi connectivity index (χ1v) is 5.73. The fourth-order valence-corrected chi connectivity index (χ4v) is 1.75. The van der Waals surface area contributed by atoms with Crippen LogP contribution in [0.3, 0.4) is 0 Å². The van der Waals surface area contributed by atoms with Crippen LogP contribution in [0.2, 0.25) is 0 Å². The van der Waals surface area contributed by atoms with Gasteiger partial charge < -0.3 is 10.6 Å². The number of hydrogen-bond donors (Lipinski definition) is 1. The Kier molecular flexibility index (Phi) is 3.21. The van der Waals surface area contributed by atoms with Crippen molar-refractivity contribution in [2.24, 2.45) is 11.7 Å². The summed E-state index contributed by atoms with van der Waals surface area (Å²) in [6.45, 7) is 4.95. The molecule has 0 radical (unpaired) electrons. The SMILES string of the molecule is CCN(CC1CC1)c1ccc(CN)nc1. The minimum atomic E-state index is 0.523. The minimum Gasteiger partial charge on any atom is -0.370 e. The smallest absolute Gasteiger partial charge is 0.0552 e. The van der Waals surface area contributed by atoms with Crippen molar-refractivity contribution in [3.63, 3.8) is 0 Å². The standard InChI is InChI=1S/C12H19N3/c1-2-15(9-10-3-4-10)12-6-5-11(7-13)14-8-12/h5-6,8,10H,2-4,7,9,13H2,1H3. The molecule has 3 nitrogen and oxygen atoms in total. The molecule has 1 saturated carbocycles. The highest BCUT2D eigenvalue weighted by Crippen LogP contribution is 2.31. The average Bonchev–Trinajstić information content (AvgIpc) is 3.10. The van der Waals surface area contributed by atoms with E-state index in [0.717, 1.165) is 18.2 Å². The third kappa shape index (κ3) is 2.69. The summed E-state index contributed by atoms with van der Waals surface area (Å²) in [5.41, 5.74) is 7.71. The Morgan fingerprint density at radius 2 is 2.27 bits per heavy atom. The molecule has 0 saturated heterocycles. The molecule has 0 bridgehead atoms. The first-order valence-electron chi connectivity index (χ1n) is 5.73. The molecule has 0 aromatic carbocycles. The molecular weight excluding hydrogens is 186 g/mol. The second-order valence-corrected chi connectivity index (χ2v) is 4.19. The predicted octanol–water partition coefficient (Wildman–Crippen LogP) is 1.78. The summed E-state index contributed by atoms with van der Waals surface area (Å²) in [6, 6.07) is 4.14. The maximum Gasteiger partial charge on any atom is 0.0552 e. The van der Waals surface area contributed by atoms with Crippen LogP contribution in [-0.4, -0.2) is 18.1 Å². The molecule has 1 aromatic heterocycles. The van der Waals surface area contributed by atoms with Crippen LogP contribution in [0.1, 0.15) is 25.5 Å². The molecule has 0 aliphatic heterocycles. The fraction of sp³-hybridized carbons (Fsp3) is 0.583. The van der Waals surface area contributed by atoms with E-state index in [4.69, 9.17) is 5.73 Å². The zero-order chi connectivity index (χ0) is 10.7. The van der Waals surface area contributed by atoms with Crippen LogP contribution < -0.4 is 10.6 Å². The third-order valence-corrected chi connectivity index (χ3v) is 2.94. The summed E-state index contributed by atoms with van der Waals surface area (Å²) in [6.07, 6.45) is 4.73. The number of nitrogens with zero attached hydrogens (tertiary/aromatic N) is 2. The molecule has 2 rings (SSSR count). The molecule has 0 amide bonds. The topological polar surface area (TPSA) is 42.1 Å². The van der Waals surface area contributed by atoms with Gasteiger partial charge in [-0.15, -0.1) is 0 Å². The Labute approximate surface area is 91.3 Å². The van der Waals surface area contributed by atoms with Gasteiger partial charge in [-0.3, -0.25) is 4.98 Å². The summed E-state index contributed by atoms with van der Waals surface area (Å²) < 4.78 is 0. The molecule has 0 unspecified atom stereocenters. The van der Waals surface area contributed by atoms with E-state index in [1.807, 2.05) is 12.3 Å². The lowest BCUT2D eigenvalue weighted by Crippen LogP contribution is -2.25. The highest BCUT2D eigenvalue weighted by Gasteiger charge is 2.23. The number of rotatable bonds is 5. The highest BCUT2D eigenvalue weighted by atomic mass is 15.1. The highest BCUT2D eigenvalue weighted by molar-refractivity contribution is 5.44. The Bertz CT molecular complexity index is 303. The summed E-state index contributed by atoms with van der Waals surface area (Å²) in [5, 5.41) is 0. The van der Waals surface area contributed by atoms with Crippen LogP contribution in [0.15, 0.2) is 18.3 Å². The van der Waals surface area contributed by atoms with Crippen LogP contribution >= 0.6 is 0 Å². The van der Waals surface area contributed by atoms with E-state index in [0.29, 0.717) is 6.54 Å². The van der Waals surface area contributed by atoms with Crippen molar-refractivity contribution in [2.45, 2.75) is 26.3 Å². The first kappa shape index (κ1) is 10.4. The van der Waals surface area contributed by atoms with E-state index >= 15 is 0 Å². The summed E-state index contributed by atoms with van der Waals surface area (Å²) in [5.74, 6) is 0.916. The average molecular weight is 205 g/mol. The van der Waals surface area contributed by atoms with Gasteiger partial charge in [-0.2, -0.15) is 0 Å². The molecule has 3 heteroatoms. The normalized spacial score (nSPS) is 15.3. The van der Waals surface area contributed by atoms with Crippen molar-refractivity contribution < 1.29 is 0 Å². The van der Waals surface area contributed by atoms with Gasteiger partial charge >= 0.3 is 0 Å². The van der Waals surface area contributed by atoms with Gasteiger partial charge in [0.15, 0.2) is 0 Å². The largest absolute Gasteiger partial charge is 0.370 e. The molecule has 0 spiro atoms. The lowest BCUT2D eigenvalue weighted by molar-refractivity contribution is 0.739. The summed E-state index contributed by atoms with van der Waals surface area (Å²) in [7, 11) is 0. The zero-order valence-electron chi connectivity index (χ0n) is 9.32. The molecule has 82 valence electrons. The van der Waals surface area contributed by atoms with E-state index in [9.17, 15) is 0 Å². The first-order chi connectivity index (χ1) is 7.33. The zero-order valence-corrected chi connectivity index (χ0v) is 9.32. The van der Waals surface area contributed by atoms with E-state index in [1.54, 1.807) is 0 Å². The van der Waals surface area contributed by atoms with Gasteiger partial charge in [-0.05, 0) is 37.8 Å². The van der Waals surface area contributed by atoms with Gasteiger partial charge in [0, 0.05) is 19.6 Å². The number of hydrogen-bond acceptors (Lipinski definition) is 3. The van der Waals surface area contributed by atoms with Gasteiger partial charge in [0.2, 0.25) is 0 Å². The summed E-state index contributed by atoms with van der Waals surface area (Å²) in [4.78, 5) is 6.72. The van der Waals surface area contributed by atoms with Crippen LogP contribution in [-0.2, 0) is 6.54 Å². The summed E-state index contributed by atoms with van der Waals surface area (Å²) >= 11 is 0. The lowest BCUT2D eigenvalue weighted by atomic mass is 10.3. The molecule has 15 heavy (non-hydrogen) atoms. The maximum absolute atomic E-state index is 5.52. The maximum atomic E-state index is 5.52. The second-order valence-electron chi connectivity index (χ2n) is 4.19. The van der Waals surface area contributed by atoms with Gasteiger partial charge in [0.25, 0.3) is 0 Å². The van der Waals surface area contributed by atoms with Crippen molar-refractivity contribution in [1.82, 2.24) is 4.98 Å². The lowest BCUT2D eigenvalue weighted by Gasteiger charge is -2.22. The van der Waals surface area contributed by atoms with Crippen LogP contribution in [0, 0.1) is 5.92 Å². The molecule has 2 N–H and O–H groups in total. The predicted molar refractivity (Wildman–Crippen MR) is 62.7 cm³/mol. The fourth-order valence-electron chi connectivity index (χ4n) is 1.75. The van der Waals surface area contributed by atoms with E-state index in [2.05, 4.69) is 22.9 Å². The van der Waals surface area contributed by atoms with Crippen molar-refractivity contribution in [2.75, 3.05) is 18.0 Å². The van der Waals surface area contributed by atoms with Crippen molar-refractivity contribution >= 4 is 5.69 Å². The van der Waals surface area contributed by atoms with E-state index < -0.39 is 0 Å². The molecule has 0 atom stereocenters. The molecule has 1 aliphatic carbocycles. The molecule has 1 heterocycles. The molecular formula is C12H19N3. The Hall–Kier alpha value is -1.09. The van der Waals surface area contributed by atoms with Gasteiger partial charge in [-0.25, -0.2) is 0 Å². The van der Waals surface area contributed by atoms with Crippen LogP contribution in [0.4, 0.5) is 5.69 Å². The van der Waals surface area contributed by atoms with Crippen molar-refractivity contribution in [3.8, 4) is 0 Å². The Morgan fingerprint density at radius 3 is 2.73 bits per heavy atom. The Morgan fingerprint density at radius 1 is 1.47 bits per heavy atom. The van der Waals surface area contributed by atoms with Crippen LogP contribution in [0.25, 0.3) is 0 Å². The monoisotopic (exact) mass is 205 g/mol. The molecule has 1 aromatic rings. The minimum absolute atomic E-state index is 0.523. The number of anilines is 1. The second kappa shape index (κ2) is 4.62. The van der Waals surface area contributed by atoms with Gasteiger partial charge in [0.1, 0.15) is 0 Å². The quantitative estimate of drug-likeness (QED) is 0.796. The van der Waals surface area contributed by atoms with E-state index in [1.165, 1.54) is 25.1 Å². The third-order valence-electron chi connectivity index (χ3n) is 2.94. The number of aromatic nitrogens is 1. The van der Waals surface area contributed by atoms with Crippen molar-refractivity contribution in [3.05, 3.63) is 24.0 Å². The van der Waals surface area contributed by atoms with Crippen molar-refractivity contribution in [1.29, 1.82) is 0 Å². The Balaban J connectivity index is 2.03. The van der Waals surface area contributed by atoms with Gasteiger partial charge in [-0.1, -0.05) is 0 Å². The van der Waals surface area contributed by atoms with Gasteiger partial charge in [0.05, 0.1) is 17.6 Å². The molecule has 1 fully saturated rings. The number of nitrogens with two attached hydrogens (primary N) is 1. The number of pyridine rings is 1. The molecule has 1 aliphatic rings. The van der Waals surface area contributed by atoms with E-state index in [-0.39, 0.29) is 0 Å². The van der Waals surface area contributed by atoms with Crippen LogP contribution in [0.5, 0.6) is 0 Å².